The van der Waals surface area contributed by atoms with E-state index in [1.54, 1.807) is 12.1 Å². The third kappa shape index (κ3) is 5.29. The van der Waals surface area contributed by atoms with Gasteiger partial charge in [0.15, 0.2) is 0 Å². The molecule has 2 rings (SSSR count). The number of nitrogens with zero attached hydrogens (tertiary/aromatic N) is 1. The average Bonchev–Trinajstić information content (AvgIpc) is 2.74. The van der Waals surface area contributed by atoms with E-state index >= 15 is 0 Å². The molecule has 1 atom stereocenters. The summed E-state index contributed by atoms with van der Waals surface area (Å²) in [5.41, 5.74) is 0.699. The molecular formula is C16H24ClFN2O. The largest absolute Gasteiger partial charge is 0.341 e. The lowest BCUT2D eigenvalue weighted by atomic mass is 9.99. The van der Waals surface area contributed by atoms with Crippen molar-refractivity contribution in [3.63, 3.8) is 0 Å². The van der Waals surface area contributed by atoms with Crippen molar-refractivity contribution in [3.8, 4) is 0 Å². The van der Waals surface area contributed by atoms with Gasteiger partial charge in [-0.1, -0.05) is 25.1 Å². The molecule has 1 fully saturated rings. The highest BCUT2D eigenvalue weighted by Gasteiger charge is 2.21. The Hall–Kier alpha value is -1.13. The summed E-state index contributed by atoms with van der Waals surface area (Å²) in [4.78, 5) is 14.3. The van der Waals surface area contributed by atoms with E-state index in [9.17, 15) is 9.18 Å². The molecule has 3 nitrogen and oxygen atoms in total. The van der Waals surface area contributed by atoms with Crippen molar-refractivity contribution in [2.24, 2.45) is 5.92 Å². The van der Waals surface area contributed by atoms with Crippen molar-refractivity contribution in [2.45, 2.75) is 26.2 Å². The van der Waals surface area contributed by atoms with Crippen LogP contribution in [0.3, 0.4) is 0 Å². The van der Waals surface area contributed by atoms with Gasteiger partial charge in [-0.05, 0) is 37.4 Å². The summed E-state index contributed by atoms with van der Waals surface area (Å²) in [7, 11) is 0. The van der Waals surface area contributed by atoms with Gasteiger partial charge >= 0.3 is 0 Å². The van der Waals surface area contributed by atoms with Gasteiger partial charge in [-0.25, -0.2) is 4.39 Å². The Morgan fingerprint density at radius 3 is 2.86 bits per heavy atom. The molecule has 0 radical (unpaired) electrons. The second kappa shape index (κ2) is 9.00. The van der Waals surface area contributed by atoms with E-state index in [1.807, 2.05) is 17.9 Å². The number of rotatable bonds is 4. The van der Waals surface area contributed by atoms with E-state index in [-0.39, 0.29) is 30.0 Å². The van der Waals surface area contributed by atoms with Crippen molar-refractivity contribution in [3.05, 3.63) is 35.6 Å². The van der Waals surface area contributed by atoms with Crippen LogP contribution in [0.4, 0.5) is 4.39 Å². The number of carbonyl (C=O) groups is 1. The van der Waals surface area contributed by atoms with Crippen molar-refractivity contribution in [1.82, 2.24) is 10.2 Å². The fraction of sp³-hybridized carbons (Fsp3) is 0.562. The van der Waals surface area contributed by atoms with Crippen LogP contribution in [0.5, 0.6) is 0 Å². The highest BCUT2D eigenvalue weighted by molar-refractivity contribution is 5.85. The first-order valence-corrected chi connectivity index (χ1v) is 7.41. The number of amides is 1. The zero-order valence-electron chi connectivity index (χ0n) is 12.5. The first-order valence-electron chi connectivity index (χ1n) is 7.41. The maximum Gasteiger partial charge on any atom is 0.225 e. The molecule has 1 amide bonds. The summed E-state index contributed by atoms with van der Waals surface area (Å²) in [6, 6.07) is 6.80. The van der Waals surface area contributed by atoms with Gasteiger partial charge in [-0.2, -0.15) is 0 Å². The summed E-state index contributed by atoms with van der Waals surface area (Å²) in [5.74, 6) is -0.0242. The molecule has 1 saturated heterocycles. The van der Waals surface area contributed by atoms with Gasteiger partial charge in [0.2, 0.25) is 5.91 Å². The van der Waals surface area contributed by atoms with Gasteiger partial charge in [-0.3, -0.25) is 4.79 Å². The summed E-state index contributed by atoms with van der Waals surface area (Å²) in [5, 5.41) is 3.29. The summed E-state index contributed by atoms with van der Waals surface area (Å²) in [6.07, 6.45) is 2.32. The molecule has 1 heterocycles. The van der Waals surface area contributed by atoms with Crippen LogP contribution in [0.2, 0.25) is 0 Å². The fourth-order valence-corrected chi connectivity index (χ4v) is 2.57. The second-order valence-electron chi connectivity index (χ2n) is 5.46. The number of aryl methyl sites for hydroxylation is 1. The Labute approximate surface area is 132 Å². The van der Waals surface area contributed by atoms with Crippen molar-refractivity contribution >= 4 is 18.3 Å². The van der Waals surface area contributed by atoms with E-state index in [0.717, 1.165) is 32.6 Å². The quantitative estimate of drug-likeness (QED) is 0.926. The van der Waals surface area contributed by atoms with Crippen molar-refractivity contribution in [1.29, 1.82) is 0 Å². The Bertz CT molecular complexity index is 448. The maximum absolute atomic E-state index is 13.5. The topological polar surface area (TPSA) is 32.3 Å². The van der Waals surface area contributed by atoms with Gasteiger partial charge in [0, 0.05) is 25.6 Å². The third-order valence-corrected chi connectivity index (χ3v) is 3.88. The molecule has 1 aromatic rings. The minimum Gasteiger partial charge on any atom is -0.341 e. The molecule has 0 aliphatic carbocycles. The van der Waals surface area contributed by atoms with Gasteiger partial charge in [0.25, 0.3) is 0 Å². The summed E-state index contributed by atoms with van der Waals surface area (Å²) in [6.45, 7) is 5.40. The SMILES string of the molecule is CC(CCc1ccccc1F)C(=O)N1CCCNCC1.Cl. The molecule has 0 saturated carbocycles. The lowest BCUT2D eigenvalue weighted by Crippen LogP contribution is -2.37. The Balaban J connectivity index is 0.00000220. The average molecular weight is 315 g/mol. The lowest BCUT2D eigenvalue weighted by molar-refractivity contribution is -0.135. The third-order valence-electron chi connectivity index (χ3n) is 3.88. The Morgan fingerprint density at radius 2 is 2.10 bits per heavy atom. The van der Waals surface area contributed by atoms with Crippen LogP contribution in [0.15, 0.2) is 24.3 Å². The molecule has 118 valence electrons. The second-order valence-corrected chi connectivity index (χ2v) is 5.46. The molecule has 1 aliphatic heterocycles. The van der Waals surface area contributed by atoms with E-state index in [4.69, 9.17) is 0 Å². The van der Waals surface area contributed by atoms with Crippen LogP contribution >= 0.6 is 12.4 Å². The minimum absolute atomic E-state index is 0. The van der Waals surface area contributed by atoms with Crippen LogP contribution < -0.4 is 5.32 Å². The van der Waals surface area contributed by atoms with E-state index < -0.39 is 0 Å². The molecule has 0 spiro atoms. The molecule has 0 aromatic heterocycles. The molecular weight excluding hydrogens is 291 g/mol. The lowest BCUT2D eigenvalue weighted by Gasteiger charge is -2.23. The predicted octanol–water partition coefficient (Wildman–Crippen LogP) is 2.64. The van der Waals surface area contributed by atoms with Crippen LogP contribution in [0.25, 0.3) is 0 Å². The summed E-state index contributed by atoms with van der Waals surface area (Å²) >= 11 is 0. The van der Waals surface area contributed by atoms with E-state index in [1.165, 1.54) is 6.07 Å². The standard InChI is InChI=1S/C16H23FN2O.ClH/c1-13(7-8-14-5-2-3-6-15(14)17)16(20)19-11-4-9-18-10-12-19;/h2-3,5-6,13,18H,4,7-12H2,1H3;1H. The first-order chi connectivity index (χ1) is 9.68. The number of halogens is 2. The Kier molecular flexibility index (Phi) is 7.68. The first kappa shape index (κ1) is 17.9. The molecule has 1 unspecified atom stereocenters. The molecule has 0 bridgehead atoms. The minimum atomic E-state index is -0.175. The number of nitrogens with one attached hydrogen (secondary N) is 1. The summed E-state index contributed by atoms with van der Waals surface area (Å²) < 4.78 is 13.5. The van der Waals surface area contributed by atoms with Gasteiger partial charge in [0.1, 0.15) is 5.82 Å². The van der Waals surface area contributed by atoms with Crippen LogP contribution in [0.1, 0.15) is 25.3 Å². The highest BCUT2D eigenvalue weighted by Crippen LogP contribution is 2.15. The number of benzene rings is 1. The Morgan fingerprint density at radius 1 is 1.33 bits per heavy atom. The van der Waals surface area contributed by atoms with E-state index in [0.29, 0.717) is 18.4 Å². The van der Waals surface area contributed by atoms with Gasteiger partial charge in [0.05, 0.1) is 0 Å². The monoisotopic (exact) mass is 314 g/mol. The van der Waals surface area contributed by atoms with E-state index in [2.05, 4.69) is 5.32 Å². The number of hydrogen-bond donors (Lipinski definition) is 1. The normalized spacial score (nSPS) is 16.8. The van der Waals surface area contributed by atoms with Gasteiger partial charge < -0.3 is 10.2 Å². The fourth-order valence-electron chi connectivity index (χ4n) is 2.57. The number of carbonyl (C=O) groups excluding carboxylic acids is 1. The molecule has 1 aliphatic rings. The molecule has 1 N–H and O–H groups in total. The highest BCUT2D eigenvalue weighted by atomic mass is 35.5. The predicted molar refractivity (Wildman–Crippen MR) is 85.2 cm³/mol. The maximum atomic E-state index is 13.5. The van der Waals surface area contributed by atoms with Crippen LogP contribution in [0, 0.1) is 11.7 Å². The van der Waals surface area contributed by atoms with Crippen LogP contribution in [-0.2, 0) is 11.2 Å². The van der Waals surface area contributed by atoms with Crippen molar-refractivity contribution < 1.29 is 9.18 Å². The zero-order chi connectivity index (χ0) is 14.4. The molecule has 1 aromatic carbocycles. The van der Waals surface area contributed by atoms with Gasteiger partial charge in [-0.15, -0.1) is 12.4 Å². The molecule has 5 heteroatoms. The smallest absolute Gasteiger partial charge is 0.225 e. The zero-order valence-corrected chi connectivity index (χ0v) is 13.3. The number of hydrogen-bond acceptors (Lipinski definition) is 2. The van der Waals surface area contributed by atoms with Crippen LogP contribution in [-0.4, -0.2) is 37.0 Å². The molecule has 21 heavy (non-hydrogen) atoms. The van der Waals surface area contributed by atoms with Crippen molar-refractivity contribution in [2.75, 3.05) is 26.2 Å².